The summed E-state index contributed by atoms with van der Waals surface area (Å²) in [5, 5.41) is 6.18. The molecule has 6 nitrogen and oxygen atoms in total. The van der Waals surface area contributed by atoms with Gasteiger partial charge >= 0.3 is 0 Å². The molecule has 0 saturated carbocycles. The third-order valence-electron chi connectivity index (χ3n) is 7.50. The molecule has 0 aliphatic carbocycles. The lowest BCUT2D eigenvalue weighted by molar-refractivity contribution is 0.101. The number of para-hydroxylation sites is 2. The Morgan fingerprint density at radius 3 is 1.42 bits per heavy atom. The number of carbonyl (C=O) groups excluding carboxylic acids is 2. The Balaban J connectivity index is 0.000000203. The number of terminal acetylenes is 1. The minimum absolute atomic E-state index is 0.0386. The Morgan fingerprint density at radius 2 is 1.02 bits per heavy atom. The van der Waals surface area contributed by atoms with E-state index in [1.54, 1.807) is 36.7 Å². The molecule has 0 atom stereocenters. The lowest BCUT2D eigenvalue weighted by Crippen LogP contribution is -2.13. The largest absolute Gasteiger partial charge is 0.321 e. The molecule has 6 aromatic rings. The van der Waals surface area contributed by atoms with Gasteiger partial charge in [-0.3, -0.25) is 9.59 Å². The number of hydrogen-bond acceptors (Lipinski definition) is 4. The predicted octanol–water partition coefficient (Wildman–Crippen LogP) is 10.7. The number of halogens is 2. The predicted molar refractivity (Wildman–Crippen MR) is 212 cm³/mol. The van der Waals surface area contributed by atoms with Crippen LogP contribution in [0.2, 0.25) is 10.3 Å². The number of nitrogens with one attached hydrogen (secondary N) is 2. The quantitative estimate of drug-likeness (QED) is 0.132. The van der Waals surface area contributed by atoms with Gasteiger partial charge in [-0.25, -0.2) is 9.97 Å². The van der Waals surface area contributed by atoms with E-state index >= 15 is 0 Å². The van der Waals surface area contributed by atoms with E-state index in [1.807, 2.05) is 97.1 Å². The van der Waals surface area contributed by atoms with Gasteiger partial charge in [0.05, 0.1) is 11.1 Å². The molecule has 4 aromatic carbocycles. The van der Waals surface area contributed by atoms with Crippen molar-refractivity contribution in [2.24, 2.45) is 5.41 Å². The zero-order valence-electron chi connectivity index (χ0n) is 28.7. The standard InChI is InChI=1S/C24H21ClN2O.C20H13ClN2O/c1-24(2,3)15-14-17-10-12-18(13-11-17)19-7-4-5-9-21(19)27-23(28)20-8-6-16-26-22(20)25;1-2-14-9-11-15(12-10-14)16-6-3-4-8-18(16)23-20(24)17-7-5-13-22-19(17)21/h4-13,16H,1-3H3,(H,27,28);1,3-13H,(H,23,24). The smallest absolute Gasteiger partial charge is 0.258 e. The van der Waals surface area contributed by atoms with Crippen LogP contribution < -0.4 is 10.6 Å². The van der Waals surface area contributed by atoms with Crippen LogP contribution in [0.4, 0.5) is 11.4 Å². The van der Waals surface area contributed by atoms with Crippen LogP contribution in [0.5, 0.6) is 0 Å². The van der Waals surface area contributed by atoms with E-state index in [4.69, 9.17) is 29.6 Å². The van der Waals surface area contributed by atoms with Crippen molar-refractivity contribution < 1.29 is 9.59 Å². The van der Waals surface area contributed by atoms with Crippen molar-refractivity contribution in [2.45, 2.75) is 20.8 Å². The number of hydrogen-bond donors (Lipinski definition) is 2. The van der Waals surface area contributed by atoms with Gasteiger partial charge in [0.25, 0.3) is 11.8 Å². The van der Waals surface area contributed by atoms with Gasteiger partial charge in [-0.15, -0.1) is 6.42 Å². The van der Waals surface area contributed by atoms with Crippen LogP contribution in [0, 0.1) is 29.6 Å². The van der Waals surface area contributed by atoms with Gasteiger partial charge in [-0.05, 0) is 92.6 Å². The molecule has 0 saturated heterocycles. The molecule has 2 aromatic heterocycles. The first kappa shape index (κ1) is 37.1. The third-order valence-corrected chi connectivity index (χ3v) is 8.10. The summed E-state index contributed by atoms with van der Waals surface area (Å²) in [6.07, 6.45) is 8.48. The number of pyridine rings is 2. The SMILES string of the molecule is C#Cc1ccc(-c2ccccc2NC(=O)c2cccnc2Cl)cc1.CC(C)(C)C#Cc1ccc(-c2ccccc2NC(=O)c2cccnc2Cl)cc1. The molecule has 6 rings (SSSR count). The van der Waals surface area contributed by atoms with E-state index in [2.05, 4.69) is 59.1 Å². The number of anilines is 2. The zero-order chi connectivity index (χ0) is 37.1. The molecular weight excluding hydrogens is 687 g/mol. The van der Waals surface area contributed by atoms with Gasteiger partial charge in [-0.2, -0.15) is 0 Å². The van der Waals surface area contributed by atoms with Crippen LogP contribution >= 0.6 is 23.2 Å². The molecule has 2 N–H and O–H groups in total. The molecule has 0 aliphatic heterocycles. The Bertz CT molecular complexity index is 2310. The fourth-order valence-corrected chi connectivity index (χ4v) is 5.33. The van der Waals surface area contributed by atoms with Gasteiger partial charge in [0.2, 0.25) is 0 Å². The Hall–Kier alpha value is -6.18. The summed E-state index contributed by atoms with van der Waals surface area (Å²) in [5.74, 6) is 8.42. The average Bonchev–Trinajstić information content (AvgIpc) is 3.15. The maximum atomic E-state index is 12.6. The zero-order valence-corrected chi connectivity index (χ0v) is 30.3. The average molecular weight is 722 g/mol. The van der Waals surface area contributed by atoms with Crippen molar-refractivity contribution in [3.05, 3.63) is 166 Å². The maximum Gasteiger partial charge on any atom is 0.258 e. The second-order valence-corrected chi connectivity index (χ2v) is 13.2. The van der Waals surface area contributed by atoms with E-state index in [-0.39, 0.29) is 27.5 Å². The van der Waals surface area contributed by atoms with Crippen LogP contribution in [0.25, 0.3) is 22.3 Å². The van der Waals surface area contributed by atoms with Crippen molar-refractivity contribution >= 4 is 46.4 Å². The Kier molecular flexibility index (Phi) is 12.2. The van der Waals surface area contributed by atoms with Crippen molar-refractivity contribution in [1.29, 1.82) is 0 Å². The fourth-order valence-electron chi connectivity index (χ4n) is 4.92. The van der Waals surface area contributed by atoms with Crippen LogP contribution in [0.15, 0.2) is 134 Å². The topological polar surface area (TPSA) is 84.0 Å². The van der Waals surface area contributed by atoms with Crippen molar-refractivity contribution in [1.82, 2.24) is 9.97 Å². The van der Waals surface area contributed by atoms with Gasteiger partial charge in [0.1, 0.15) is 10.3 Å². The monoisotopic (exact) mass is 720 g/mol. The number of carbonyl (C=O) groups is 2. The summed E-state index contributed by atoms with van der Waals surface area (Å²) in [6.45, 7) is 6.26. The van der Waals surface area contributed by atoms with Crippen LogP contribution in [0.3, 0.4) is 0 Å². The van der Waals surface area contributed by atoms with Gasteiger partial charge < -0.3 is 10.6 Å². The third kappa shape index (κ3) is 9.96. The molecule has 256 valence electrons. The van der Waals surface area contributed by atoms with Crippen molar-refractivity contribution in [3.8, 4) is 46.4 Å². The highest BCUT2D eigenvalue weighted by Crippen LogP contribution is 2.30. The van der Waals surface area contributed by atoms with Crippen LogP contribution in [-0.4, -0.2) is 21.8 Å². The molecule has 0 aliphatic rings. The van der Waals surface area contributed by atoms with Gasteiger partial charge in [0.15, 0.2) is 0 Å². The van der Waals surface area contributed by atoms with E-state index < -0.39 is 0 Å². The highest BCUT2D eigenvalue weighted by molar-refractivity contribution is 6.33. The first-order chi connectivity index (χ1) is 25.0. The highest BCUT2D eigenvalue weighted by Gasteiger charge is 2.15. The molecule has 0 bridgehead atoms. The molecular formula is C44H34Cl2N4O2. The van der Waals surface area contributed by atoms with E-state index in [0.717, 1.165) is 33.4 Å². The normalized spacial score (nSPS) is 10.4. The minimum Gasteiger partial charge on any atom is -0.321 e. The first-order valence-corrected chi connectivity index (χ1v) is 17.0. The molecule has 52 heavy (non-hydrogen) atoms. The second kappa shape index (κ2) is 17.2. The second-order valence-electron chi connectivity index (χ2n) is 12.5. The van der Waals surface area contributed by atoms with E-state index in [1.165, 1.54) is 0 Å². The lowest BCUT2D eigenvalue weighted by Gasteiger charge is -2.12. The number of nitrogens with zero attached hydrogens (tertiary/aromatic N) is 2. The number of aromatic nitrogens is 2. The van der Waals surface area contributed by atoms with Gasteiger partial charge in [0, 0.05) is 51.4 Å². The maximum absolute atomic E-state index is 12.6. The molecule has 2 heterocycles. The summed E-state index contributed by atoms with van der Waals surface area (Å²) in [6, 6.07) is 37.4. The lowest BCUT2D eigenvalue weighted by atomic mass is 9.97. The summed E-state index contributed by atoms with van der Waals surface area (Å²) >= 11 is 12.0. The highest BCUT2D eigenvalue weighted by atomic mass is 35.5. The van der Waals surface area contributed by atoms with Crippen molar-refractivity contribution in [2.75, 3.05) is 10.6 Å². The summed E-state index contributed by atoms with van der Waals surface area (Å²) in [5.41, 5.74) is 7.57. The summed E-state index contributed by atoms with van der Waals surface area (Å²) < 4.78 is 0. The summed E-state index contributed by atoms with van der Waals surface area (Å²) in [7, 11) is 0. The Morgan fingerprint density at radius 1 is 0.596 bits per heavy atom. The minimum atomic E-state index is -0.305. The van der Waals surface area contributed by atoms with E-state index in [9.17, 15) is 9.59 Å². The Labute approximate surface area is 314 Å². The molecule has 0 unspecified atom stereocenters. The van der Waals surface area contributed by atoms with Crippen molar-refractivity contribution in [3.63, 3.8) is 0 Å². The molecule has 8 heteroatoms. The number of benzene rings is 4. The fraction of sp³-hybridized carbons (Fsp3) is 0.0909. The van der Waals surface area contributed by atoms with Crippen LogP contribution in [0.1, 0.15) is 52.6 Å². The molecule has 0 spiro atoms. The first-order valence-electron chi connectivity index (χ1n) is 16.2. The summed E-state index contributed by atoms with van der Waals surface area (Å²) in [4.78, 5) is 32.9. The van der Waals surface area contributed by atoms with E-state index in [0.29, 0.717) is 22.5 Å². The molecule has 0 radical (unpaired) electrons. The molecule has 2 amide bonds. The molecule has 0 fully saturated rings. The number of rotatable bonds is 6. The van der Waals surface area contributed by atoms with Gasteiger partial charge in [-0.1, -0.05) is 102 Å². The van der Waals surface area contributed by atoms with Crippen LogP contribution in [-0.2, 0) is 0 Å². The number of amides is 2.